The smallest absolute Gasteiger partial charge is 0.346 e. The molecule has 2 N–H and O–H groups in total. The number of benzene rings is 1. The van der Waals surface area contributed by atoms with E-state index in [1.807, 2.05) is 0 Å². The Balaban J connectivity index is 2.28. The molecular weight excluding hydrogens is 331 g/mol. The Labute approximate surface area is 126 Å². The summed E-state index contributed by atoms with van der Waals surface area (Å²) in [7, 11) is 0. The van der Waals surface area contributed by atoms with Crippen molar-refractivity contribution < 1.29 is 31.5 Å². The molecule has 1 aromatic carbocycles. The number of amides is 2. The summed E-state index contributed by atoms with van der Waals surface area (Å²) in [6.45, 7) is -2.08. The van der Waals surface area contributed by atoms with Gasteiger partial charge in [-0.25, -0.2) is 8.78 Å². The highest BCUT2D eigenvalue weighted by molar-refractivity contribution is 8.00. The molecule has 10 heteroatoms. The minimum Gasteiger partial charge on any atom is -0.346 e. The summed E-state index contributed by atoms with van der Waals surface area (Å²) >= 11 is 0.890. The van der Waals surface area contributed by atoms with Gasteiger partial charge in [0.1, 0.15) is 6.54 Å². The fourth-order valence-corrected chi connectivity index (χ4v) is 1.96. The highest BCUT2D eigenvalue weighted by atomic mass is 32.2. The molecule has 0 aliphatic heterocycles. The molecule has 1 aromatic rings. The van der Waals surface area contributed by atoms with Gasteiger partial charge in [0.25, 0.3) is 0 Å². The Hall–Kier alpha value is -1.84. The van der Waals surface area contributed by atoms with Crippen LogP contribution in [0.1, 0.15) is 0 Å². The summed E-state index contributed by atoms with van der Waals surface area (Å²) in [6, 6.07) is 3.08. The standard InChI is InChI=1S/C12H11F5N2O2S/c13-8-2-1-7(3-9(8)14)22-5-11(21)18-4-10(20)19-6-12(15,16)17/h1-3H,4-6H2,(H,18,21)(H,19,20). The summed E-state index contributed by atoms with van der Waals surface area (Å²) in [4.78, 5) is 22.7. The summed E-state index contributed by atoms with van der Waals surface area (Å²) in [5.74, 6) is -3.88. The average molecular weight is 342 g/mol. The molecule has 0 atom stereocenters. The van der Waals surface area contributed by atoms with Gasteiger partial charge in [0.05, 0.1) is 12.3 Å². The second-order valence-corrected chi connectivity index (χ2v) is 5.08. The van der Waals surface area contributed by atoms with E-state index < -0.39 is 42.7 Å². The van der Waals surface area contributed by atoms with Crippen LogP contribution in [0.2, 0.25) is 0 Å². The lowest BCUT2D eigenvalue weighted by Gasteiger charge is -2.09. The molecular formula is C12H11F5N2O2S. The third-order valence-corrected chi connectivity index (χ3v) is 3.19. The minimum absolute atomic E-state index is 0.197. The van der Waals surface area contributed by atoms with E-state index in [-0.39, 0.29) is 5.75 Å². The first-order valence-corrected chi connectivity index (χ1v) is 6.84. The normalized spacial score (nSPS) is 11.1. The fraction of sp³-hybridized carbons (Fsp3) is 0.333. The van der Waals surface area contributed by atoms with Gasteiger partial charge < -0.3 is 10.6 Å². The fourth-order valence-electron chi connectivity index (χ4n) is 1.21. The molecule has 0 unspecified atom stereocenters. The van der Waals surface area contributed by atoms with Crippen molar-refractivity contribution >= 4 is 23.6 Å². The third-order valence-electron chi connectivity index (χ3n) is 2.19. The zero-order valence-electron chi connectivity index (χ0n) is 11.0. The first-order valence-electron chi connectivity index (χ1n) is 5.85. The van der Waals surface area contributed by atoms with E-state index in [0.717, 1.165) is 23.9 Å². The SMILES string of the molecule is O=C(CNC(=O)CSc1ccc(F)c(F)c1)NCC(F)(F)F. The van der Waals surface area contributed by atoms with Crippen LogP contribution in [0.15, 0.2) is 23.1 Å². The van der Waals surface area contributed by atoms with E-state index in [1.54, 1.807) is 5.32 Å². The number of hydrogen-bond donors (Lipinski definition) is 2. The van der Waals surface area contributed by atoms with E-state index in [1.165, 1.54) is 6.07 Å². The van der Waals surface area contributed by atoms with Gasteiger partial charge in [-0.1, -0.05) is 0 Å². The van der Waals surface area contributed by atoms with Gasteiger partial charge in [-0.3, -0.25) is 9.59 Å². The van der Waals surface area contributed by atoms with Crippen LogP contribution in [0.4, 0.5) is 22.0 Å². The van der Waals surface area contributed by atoms with Crippen LogP contribution in [0.5, 0.6) is 0 Å². The van der Waals surface area contributed by atoms with Crippen molar-refractivity contribution in [3.05, 3.63) is 29.8 Å². The van der Waals surface area contributed by atoms with Crippen molar-refractivity contribution in [2.75, 3.05) is 18.8 Å². The Kier molecular flexibility index (Phi) is 6.60. The van der Waals surface area contributed by atoms with E-state index >= 15 is 0 Å². The van der Waals surface area contributed by atoms with Crippen LogP contribution in [0.3, 0.4) is 0 Å². The molecule has 0 heterocycles. The zero-order chi connectivity index (χ0) is 16.8. The Bertz CT molecular complexity index is 551. The van der Waals surface area contributed by atoms with E-state index in [0.29, 0.717) is 4.90 Å². The molecule has 0 radical (unpaired) electrons. The lowest BCUT2D eigenvalue weighted by atomic mass is 10.3. The summed E-state index contributed by atoms with van der Waals surface area (Å²) in [5, 5.41) is 3.70. The van der Waals surface area contributed by atoms with Gasteiger partial charge in [-0.2, -0.15) is 13.2 Å². The number of alkyl halides is 3. The van der Waals surface area contributed by atoms with Gasteiger partial charge in [0.15, 0.2) is 11.6 Å². The maximum absolute atomic E-state index is 12.9. The number of carbonyl (C=O) groups excluding carboxylic acids is 2. The highest BCUT2D eigenvalue weighted by Gasteiger charge is 2.27. The number of nitrogens with one attached hydrogen (secondary N) is 2. The van der Waals surface area contributed by atoms with Crippen molar-refractivity contribution in [3.8, 4) is 0 Å². The zero-order valence-corrected chi connectivity index (χ0v) is 11.8. The van der Waals surface area contributed by atoms with Crippen LogP contribution in [0.25, 0.3) is 0 Å². The van der Waals surface area contributed by atoms with Crippen LogP contribution in [0, 0.1) is 11.6 Å². The molecule has 0 aliphatic carbocycles. The molecule has 0 bridgehead atoms. The van der Waals surface area contributed by atoms with Crippen molar-refractivity contribution in [1.29, 1.82) is 0 Å². The van der Waals surface area contributed by atoms with Crippen molar-refractivity contribution in [3.63, 3.8) is 0 Å². The molecule has 1 rings (SSSR count). The number of hydrogen-bond acceptors (Lipinski definition) is 3. The number of rotatable bonds is 6. The molecule has 0 aliphatic rings. The van der Waals surface area contributed by atoms with E-state index in [4.69, 9.17) is 0 Å². The number of thioether (sulfide) groups is 1. The highest BCUT2D eigenvalue weighted by Crippen LogP contribution is 2.19. The Morgan fingerprint density at radius 3 is 2.32 bits per heavy atom. The van der Waals surface area contributed by atoms with Crippen LogP contribution < -0.4 is 10.6 Å². The first-order chi connectivity index (χ1) is 10.2. The number of carbonyl (C=O) groups is 2. The predicted molar refractivity (Wildman–Crippen MR) is 69.2 cm³/mol. The minimum atomic E-state index is -4.53. The summed E-state index contributed by atoms with van der Waals surface area (Å²) < 4.78 is 61.0. The molecule has 22 heavy (non-hydrogen) atoms. The van der Waals surface area contributed by atoms with Gasteiger partial charge in [-0.15, -0.1) is 11.8 Å². The molecule has 0 saturated carbocycles. The van der Waals surface area contributed by atoms with Gasteiger partial charge in [-0.05, 0) is 18.2 Å². The Morgan fingerprint density at radius 1 is 1.05 bits per heavy atom. The molecule has 4 nitrogen and oxygen atoms in total. The van der Waals surface area contributed by atoms with E-state index in [2.05, 4.69) is 5.32 Å². The monoisotopic (exact) mass is 342 g/mol. The van der Waals surface area contributed by atoms with Gasteiger partial charge >= 0.3 is 6.18 Å². The maximum atomic E-state index is 12.9. The summed E-state index contributed by atoms with van der Waals surface area (Å²) in [5.41, 5.74) is 0. The van der Waals surface area contributed by atoms with Crippen molar-refractivity contribution in [2.45, 2.75) is 11.1 Å². The lowest BCUT2D eigenvalue weighted by Crippen LogP contribution is -2.41. The van der Waals surface area contributed by atoms with Gasteiger partial charge in [0, 0.05) is 4.90 Å². The molecule has 0 fully saturated rings. The van der Waals surface area contributed by atoms with Crippen molar-refractivity contribution in [1.82, 2.24) is 10.6 Å². The van der Waals surface area contributed by atoms with Crippen molar-refractivity contribution in [2.24, 2.45) is 0 Å². The predicted octanol–water partition coefficient (Wildman–Crippen LogP) is 1.85. The first kappa shape index (κ1) is 18.2. The Morgan fingerprint density at radius 2 is 1.73 bits per heavy atom. The van der Waals surface area contributed by atoms with E-state index in [9.17, 15) is 31.5 Å². The molecule has 122 valence electrons. The second kappa shape index (κ2) is 7.97. The number of halogens is 5. The summed E-state index contributed by atoms with van der Waals surface area (Å²) in [6.07, 6.45) is -4.53. The lowest BCUT2D eigenvalue weighted by molar-refractivity contribution is -0.138. The van der Waals surface area contributed by atoms with Crippen LogP contribution in [-0.4, -0.2) is 36.8 Å². The van der Waals surface area contributed by atoms with Crippen LogP contribution in [-0.2, 0) is 9.59 Å². The average Bonchev–Trinajstić information content (AvgIpc) is 2.43. The quantitative estimate of drug-likeness (QED) is 0.613. The maximum Gasteiger partial charge on any atom is 0.405 e. The van der Waals surface area contributed by atoms with Gasteiger partial charge in [0.2, 0.25) is 11.8 Å². The molecule has 2 amide bonds. The molecule has 0 spiro atoms. The van der Waals surface area contributed by atoms with Crippen LogP contribution >= 0.6 is 11.8 Å². The topological polar surface area (TPSA) is 58.2 Å². The third kappa shape index (κ3) is 7.25. The molecule has 0 aromatic heterocycles. The largest absolute Gasteiger partial charge is 0.405 e. The second-order valence-electron chi connectivity index (χ2n) is 4.03. The molecule has 0 saturated heterocycles.